The molecule has 1 unspecified atom stereocenters. The third-order valence-corrected chi connectivity index (χ3v) is 4.02. The summed E-state index contributed by atoms with van der Waals surface area (Å²) in [6.07, 6.45) is 7.27. The highest BCUT2D eigenvalue weighted by Gasteiger charge is 2.29. The molecule has 2 fully saturated rings. The van der Waals surface area contributed by atoms with Crippen LogP contribution in [0.4, 0.5) is 0 Å². The van der Waals surface area contributed by atoms with E-state index in [1.165, 1.54) is 25.7 Å². The van der Waals surface area contributed by atoms with Crippen molar-refractivity contribution in [2.45, 2.75) is 51.5 Å². The Balaban J connectivity index is 1.88. The van der Waals surface area contributed by atoms with E-state index in [0.29, 0.717) is 11.9 Å². The van der Waals surface area contributed by atoms with Crippen LogP contribution < -0.4 is 5.32 Å². The number of likely N-dealkylation sites (N-methyl/N-ethyl adjacent to an activating group) is 1. The van der Waals surface area contributed by atoms with Crippen LogP contribution in [-0.2, 0) is 4.79 Å². The van der Waals surface area contributed by atoms with Crippen molar-refractivity contribution in [3.8, 4) is 0 Å². The summed E-state index contributed by atoms with van der Waals surface area (Å²) in [5.41, 5.74) is 0. The summed E-state index contributed by atoms with van der Waals surface area (Å²) in [6, 6.07) is 0.537. The van der Waals surface area contributed by atoms with Crippen LogP contribution in [0.2, 0.25) is 0 Å². The molecule has 2 rings (SSSR count). The molecule has 0 aromatic rings. The highest BCUT2D eigenvalue weighted by atomic mass is 16.2. The highest BCUT2D eigenvalue weighted by Crippen LogP contribution is 2.28. The summed E-state index contributed by atoms with van der Waals surface area (Å²) < 4.78 is 0. The van der Waals surface area contributed by atoms with Crippen molar-refractivity contribution in [3.63, 3.8) is 0 Å². The zero-order chi connectivity index (χ0) is 11.4. The Morgan fingerprint density at radius 1 is 1.38 bits per heavy atom. The minimum absolute atomic E-state index is 0.362. The molecule has 1 saturated heterocycles. The second-order valence-corrected chi connectivity index (χ2v) is 5.15. The van der Waals surface area contributed by atoms with Crippen LogP contribution >= 0.6 is 0 Å². The zero-order valence-corrected chi connectivity index (χ0v) is 10.4. The first kappa shape index (κ1) is 11.9. The summed E-state index contributed by atoms with van der Waals surface area (Å²) >= 11 is 0. The molecule has 1 aliphatic carbocycles. The Morgan fingerprint density at radius 2 is 2.12 bits per heavy atom. The van der Waals surface area contributed by atoms with E-state index < -0.39 is 0 Å². The largest absolute Gasteiger partial charge is 0.341 e. The van der Waals surface area contributed by atoms with Gasteiger partial charge in [-0.25, -0.2) is 0 Å². The molecule has 0 aromatic carbocycles. The number of amides is 1. The molecule has 0 bridgehead atoms. The van der Waals surface area contributed by atoms with Crippen LogP contribution in [0.15, 0.2) is 0 Å². The van der Waals surface area contributed by atoms with Crippen molar-refractivity contribution in [1.82, 2.24) is 10.2 Å². The maximum atomic E-state index is 11.6. The van der Waals surface area contributed by atoms with Gasteiger partial charge in [0.15, 0.2) is 0 Å². The SMILES string of the molecule is CCNC(CN1CCCC1=O)C1CCCC1. The van der Waals surface area contributed by atoms with Gasteiger partial charge in [-0.3, -0.25) is 4.79 Å². The van der Waals surface area contributed by atoms with Crippen molar-refractivity contribution < 1.29 is 4.79 Å². The van der Waals surface area contributed by atoms with Crippen LogP contribution in [0.25, 0.3) is 0 Å². The van der Waals surface area contributed by atoms with Crippen LogP contribution in [0, 0.1) is 5.92 Å². The van der Waals surface area contributed by atoms with Gasteiger partial charge in [0.2, 0.25) is 5.91 Å². The lowest BCUT2D eigenvalue weighted by atomic mass is 9.97. The van der Waals surface area contributed by atoms with Crippen molar-refractivity contribution >= 4 is 5.91 Å². The second kappa shape index (κ2) is 5.67. The fourth-order valence-electron chi connectivity index (χ4n) is 3.14. The topological polar surface area (TPSA) is 32.3 Å². The van der Waals surface area contributed by atoms with Crippen molar-refractivity contribution in [1.29, 1.82) is 0 Å². The Hall–Kier alpha value is -0.570. The number of nitrogens with one attached hydrogen (secondary N) is 1. The molecule has 0 radical (unpaired) electrons. The molecule has 2 aliphatic rings. The van der Waals surface area contributed by atoms with Crippen molar-refractivity contribution in [2.24, 2.45) is 5.92 Å². The Bertz CT molecular complexity index is 236. The number of carbonyl (C=O) groups is 1. The maximum Gasteiger partial charge on any atom is 0.222 e. The minimum atomic E-state index is 0.362. The molecule has 1 amide bonds. The third-order valence-electron chi connectivity index (χ3n) is 4.02. The molecule has 3 nitrogen and oxygen atoms in total. The lowest BCUT2D eigenvalue weighted by molar-refractivity contribution is -0.128. The summed E-state index contributed by atoms with van der Waals surface area (Å²) in [5.74, 6) is 1.16. The second-order valence-electron chi connectivity index (χ2n) is 5.15. The highest BCUT2D eigenvalue weighted by molar-refractivity contribution is 5.78. The molecule has 1 heterocycles. The van der Waals surface area contributed by atoms with E-state index in [0.717, 1.165) is 38.4 Å². The standard InChI is InChI=1S/C13H24N2O/c1-2-14-12(11-6-3-4-7-11)10-15-9-5-8-13(15)16/h11-12,14H,2-10H2,1H3. The molecule has 0 spiro atoms. The van der Waals surface area contributed by atoms with E-state index in [2.05, 4.69) is 17.1 Å². The first-order chi connectivity index (χ1) is 7.81. The van der Waals surface area contributed by atoms with Gasteiger partial charge in [-0.2, -0.15) is 0 Å². The maximum absolute atomic E-state index is 11.6. The number of nitrogens with zero attached hydrogens (tertiary/aromatic N) is 1. The quantitative estimate of drug-likeness (QED) is 0.772. The number of carbonyl (C=O) groups excluding carboxylic acids is 1. The van der Waals surface area contributed by atoms with Gasteiger partial charge in [0.1, 0.15) is 0 Å². The van der Waals surface area contributed by atoms with Crippen molar-refractivity contribution in [2.75, 3.05) is 19.6 Å². The molecular weight excluding hydrogens is 200 g/mol. The van der Waals surface area contributed by atoms with Gasteiger partial charge in [-0.1, -0.05) is 19.8 Å². The number of rotatable bonds is 5. The average Bonchev–Trinajstić information content (AvgIpc) is 2.90. The predicted octanol–water partition coefficient (Wildman–Crippen LogP) is 1.78. The fourth-order valence-corrected chi connectivity index (χ4v) is 3.14. The summed E-state index contributed by atoms with van der Waals surface area (Å²) in [5, 5.41) is 3.58. The van der Waals surface area contributed by atoms with Crippen LogP contribution in [0.3, 0.4) is 0 Å². The van der Waals surface area contributed by atoms with Gasteiger partial charge < -0.3 is 10.2 Å². The van der Waals surface area contributed by atoms with Crippen LogP contribution in [-0.4, -0.2) is 36.5 Å². The Morgan fingerprint density at radius 3 is 2.69 bits per heavy atom. The third kappa shape index (κ3) is 2.76. The molecule has 92 valence electrons. The van der Waals surface area contributed by atoms with E-state index >= 15 is 0 Å². The molecular formula is C13H24N2O. The van der Waals surface area contributed by atoms with Gasteiger partial charge >= 0.3 is 0 Å². The first-order valence-corrected chi connectivity index (χ1v) is 6.82. The zero-order valence-electron chi connectivity index (χ0n) is 10.4. The molecule has 1 atom stereocenters. The van der Waals surface area contributed by atoms with Crippen LogP contribution in [0.1, 0.15) is 45.4 Å². The van der Waals surface area contributed by atoms with E-state index in [-0.39, 0.29) is 0 Å². The van der Waals surface area contributed by atoms with E-state index in [1.807, 2.05) is 0 Å². The molecule has 1 aliphatic heterocycles. The van der Waals surface area contributed by atoms with Gasteiger partial charge in [0.25, 0.3) is 0 Å². The number of hydrogen-bond acceptors (Lipinski definition) is 2. The summed E-state index contributed by atoms with van der Waals surface area (Å²) in [4.78, 5) is 13.7. The Kier molecular flexibility index (Phi) is 4.22. The van der Waals surface area contributed by atoms with Crippen LogP contribution in [0.5, 0.6) is 0 Å². The van der Waals surface area contributed by atoms with Gasteiger partial charge in [0.05, 0.1) is 0 Å². The van der Waals surface area contributed by atoms with E-state index in [4.69, 9.17) is 0 Å². The van der Waals surface area contributed by atoms with E-state index in [1.54, 1.807) is 0 Å². The fraction of sp³-hybridized carbons (Fsp3) is 0.923. The molecule has 0 aromatic heterocycles. The first-order valence-electron chi connectivity index (χ1n) is 6.82. The normalized spacial score (nSPS) is 24.3. The van der Waals surface area contributed by atoms with Crippen molar-refractivity contribution in [3.05, 3.63) is 0 Å². The summed E-state index contributed by atoms with van der Waals surface area (Å²) in [7, 11) is 0. The predicted molar refractivity (Wildman–Crippen MR) is 65.2 cm³/mol. The smallest absolute Gasteiger partial charge is 0.222 e. The molecule has 1 N–H and O–H groups in total. The van der Waals surface area contributed by atoms with Gasteiger partial charge in [-0.15, -0.1) is 0 Å². The monoisotopic (exact) mass is 224 g/mol. The summed E-state index contributed by atoms with van der Waals surface area (Å²) in [6.45, 7) is 5.10. The Labute approximate surface area is 98.6 Å². The molecule has 1 saturated carbocycles. The number of likely N-dealkylation sites (tertiary alicyclic amines) is 1. The van der Waals surface area contributed by atoms with E-state index in [9.17, 15) is 4.79 Å². The minimum Gasteiger partial charge on any atom is -0.341 e. The number of hydrogen-bond donors (Lipinski definition) is 1. The van der Waals surface area contributed by atoms with Gasteiger partial charge in [-0.05, 0) is 31.7 Å². The molecule has 16 heavy (non-hydrogen) atoms. The average molecular weight is 224 g/mol. The molecule has 3 heteroatoms. The lowest BCUT2D eigenvalue weighted by Gasteiger charge is -2.29. The van der Waals surface area contributed by atoms with Gasteiger partial charge in [0, 0.05) is 25.6 Å². The lowest BCUT2D eigenvalue weighted by Crippen LogP contribution is -2.45.